The number of sulfone groups is 1. The first-order valence-corrected chi connectivity index (χ1v) is 14.1. The molecule has 2 aromatic carbocycles. The molecule has 0 bridgehead atoms. The number of ketones is 1. The summed E-state index contributed by atoms with van der Waals surface area (Å²) in [4.78, 5) is 17.3. The first-order valence-electron chi connectivity index (χ1n) is 12.4. The minimum absolute atomic E-state index is 0.0302. The second kappa shape index (κ2) is 11.4. The van der Waals surface area contributed by atoms with Crippen molar-refractivity contribution in [2.45, 2.75) is 56.4 Å². The van der Waals surface area contributed by atoms with E-state index in [2.05, 4.69) is 4.98 Å². The predicted molar refractivity (Wildman–Crippen MR) is 138 cm³/mol. The van der Waals surface area contributed by atoms with Crippen molar-refractivity contribution in [3.05, 3.63) is 83.9 Å². The number of pyridine rings is 1. The maximum Gasteiger partial charge on any atom is 0.178 e. The lowest BCUT2D eigenvalue weighted by molar-refractivity contribution is -0.124. The third-order valence-electron chi connectivity index (χ3n) is 7.24. The van der Waals surface area contributed by atoms with Crippen molar-refractivity contribution in [1.82, 2.24) is 4.98 Å². The van der Waals surface area contributed by atoms with Gasteiger partial charge < -0.3 is 5.11 Å². The fourth-order valence-corrected chi connectivity index (χ4v) is 6.68. The normalized spacial score (nSPS) is 19.1. The lowest BCUT2D eigenvalue weighted by atomic mass is 9.78. The molecule has 1 atom stereocenters. The fourth-order valence-electron chi connectivity index (χ4n) is 4.98. The van der Waals surface area contributed by atoms with Crippen LogP contribution in [-0.4, -0.2) is 30.0 Å². The molecular weight excluding hydrogens is 477 g/mol. The van der Waals surface area contributed by atoms with Crippen molar-refractivity contribution in [1.29, 1.82) is 0 Å². The van der Waals surface area contributed by atoms with Crippen molar-refractivity contribution >= 4 is 15.6 Å². The van der Waals surface area contributed by atoms with Crippen LogP contribution in [0.15, 0.2) is 71.8 Å². The van der Waals surface area contributed by atoms with Gasteiger partial charge in [0.05, 0.1) is 22.9 Å². The van der Waals surface area contributed by atoms with Crippen molar-refractivity contribution in [3.63, 3.8) is 0 Å². The molecule has 1 heterocycles. The summed E-state index contributed by atoms with van der Waals surface area (Å²) in [6.45, 7) is 1.86. The number of aliphatic hydroxyl groups is 1. The number of aromatic nitrogens is 1. The summed E-state index contributed by atoms with van der Waals surface area (Å²) < 4.78 is 39.2. The maximum absolute atomic E-state index is 13.2. The first-order chi connectivity index (χ1) is 17.2. The van der Waals surface area contributed by atoms with Gasteiger partial charge in [-0.3, -0.25) is 9.78 Å². The first kappa shape index (κ1) is 26.2. The van der Waals surface area contributed by atoms with E-state index < -0.39 is 9.84 Å². The number of carbonyl (C=O) groups is 1. The Morgan fingerprint density at radius 2 is 1.61 bits per heavy atom. The van der Waals surface area contributed by atoms with Crippen LogP contribution in [0.4, 0.5) is 4.39 Å². The van der Waals surface area contributed by atoms with E-state index in [0.29, 0.717) is 29.9 Å². The minimum Gasteiger partial charge on any atom is -0.390 e. The molecule has 1 aliphatic rings. The van der Waals surface area contributed by atoms with Gasteiger partial charge in [0.15, 0.2) is 9.84 Å². The van der Waals surface area contributed by atoms with Crippen molar-refractivity contribution in [2.24, 2.45) is 11.8 Å². The molecule has 1 aliphatic carbocycles. The Bertz CT molecular complexity index is 1260. The molecule has 190 valence electrons. The van der Waals surface area contributed by atoms with Gasteiger partial charge in [-0.2, -0.15) is 0 Å². The molecule has 7 heteroatoms. The van der Waals surface area contributed by atoms with Crippen LogP contribution in [0.2, 0.25) is 0 Å². The van der Waals surface area contributed by atoms with E-state index in [1.54, 1.807) is 48.7 Å². The molecule has 1 fully saturated rings. The molecule has 1 N–H and O–H groups in total. The minimum atomic E-state index is -3.43. The molecule has 0 aliphatic heterocycles. The molecule has 3 aromatic rings. The molecule has 0 unspecified atom stereocenters. The highest BCUT2D eigenvalue weighted by molar-refractivity contribution is 7.91. The van der Waals surface area contributed by atoms with Crippen LogP contribution in [0.25, 0.3) is 11.1 Å². The second-order valence-corrected chi connectivity index (χ2v) is 11.9. The van der Waals surface area contributed by atoms with E-state index in [1.807, 2.05) is 13.0 Å². The summed E-state index contributed by atoms with van der Waals surface area (Å²) in [5, 5.41) is 9.13. The van der Waals surface area contributed by atoms with E-state index in [1.165, 1.54) is 12.1 Å². The van der Waals surface area contributed by atoms with Gasteiger partial charge in [-0.15, -0.1) is 0 Å². The molecule has 0 amide bonds. The Morgan fingerprint density at radius 1 is 0.972 bits per heavy atom. The Kier molecular flexibility index (Phi) is 8.32. The summed E-state index contributed by atoms with van der Waals surface area (Å²) in [7, 11) is -3.43. The fraction of sp³-hybridized carbons (Fsp3) is 0.379. The van der Waals surface area contributed by atoms with Gasteiger partial charge in [0.1, 0.15) is 11.6 Å². The Balaban J connectivity index is 1.30. The smallest absolute Gasteiger partial charge is 0.178 e. The molecule has 36 heavy (non-hydrogen) atoms. The van der Waals surface area contributed by atoms with Crippen LogP contribution < -0.4 is 0 Å². The van der Waals surface area contributed by atoms with Crippen LogP contribution in [0.3, 0.4) is 0 Å². The van der Waals surface area contributed by atoms with Gasteiger partial charge in [0.2, 0.25) is 0 Å². The number of rotatable bonds is 9. The van der Waals surface area contributed by atoms with Crippen LogP contribution in [-0.2, 0) is 21.2 Å². The number of Topliss-reactive ketones (excluding diaryl/α,β-unsaturated/α-hetero) is 1. The topological polar surface area (TPSA) is 84.3 Å². The van der Waals surface area contributed by atoms with E-state index in [9.17, 15) is 17.6 Å². The van der Waals surface area contributed by atoms with Crippen molar-refractivity contribution in [2.75, 3.05) is 5.75 Å². The lowest BCUT2D eigenvalue weighted by Crippen LogP contribution is -2.26. The summed E-state index contributed by atoms with van der Waals surface area (Å²) in [5.41, 5.74) is 3.25. The number of halogens is 1. The summed E-state index contributed by atoms with van der Waals surface area (Å²) in [6, 6.07) is 16.7. The zero-order valence-corrected chi connectivity index (χ0v) is 21.3. The Labute approximate surface area is 212 Å². The van der Waals surface area contributed by atoms with Gasteiger partial charge in [-0.1, -0.05) is 37.3 Å². The largest absolute Gasteiger partial charge is 0.390 e. The average Bonchev–Trinajstić information content (AvgIpc) is 2.89. The Morgan fingerprint density at radius 3 is 2.19 bits per heavy atom. The molecule has 0 saturated heterocycles. The predicted octanol–water partition coefficient (Wildman–Crippen LogP) is 5.72. The number of aliphatic hydroxyl groups excluding tert-OH is 1. The highest BCUT2D eigenvalue weighted by Crippen LogP contribution is 2.34. The van der Waals surface area contributed by atoms with E-state index >= 15 is 0 Å². The van der Waals surface area contributed by atoms with E-state index in [0.717, 1.165) is 29.5 Å². The van der Waals surface area contributed by atoms with E-state index in [4.69, 9.17) is 5.11 Å². The molecule has 1 aromatic heterocycles. The molecule has 0 radical (unpaired) electrons. The zero-order chi connectivity index (χ0) is 25.7. The third-order valence-corrected chi connectivity index (χ3v) is 9.14. The lowest BCUT2D eigenvalue weighted by Gasteiger charge is -2.28. The van der Waals surface area contributed by atoms with Gasteiger partial charge in [-0.25, -0.2) is 12.8 Å². The maximum atomic E-state index is 13.2. The standard InChI is InChI=1S/C29H32FNO4S/c1-20(22-6-11-26(30)12-7-22)16-29(33)24-4-2-21(3-5-24)19-36(34,35)28-14-9-23(10-15-28)25-8-13-27(18-32)31-17-25/h6-15,17,20-21,24,32H,2-5,16,18-19H2,1H3/t20-,21?,24?/m0/s1. The second-order valence-electron chi connectivity index (χ2n) is 9.84. The highest BCUT2D eigenvalue weighted by atomic mass is 32.2. The highest BCUT2D eigenvalue weighted by Gasteiger charge is 2.30. The van der Waals surface area contributed by atoms with Gasteiger partial charge >= 0.3 is 0 Å². The third kappa shape index (κ3) is 6.45. The summed E-state index contributed by atoms with van der Waals surface area (Å²) in [6.07, 6.45) is 4.96. The number of benzene rings is 2. The zero-order valence-electron chi connectivity index (χ0n) is 20.4. The van der Waals surface area contributed by atoms with Gasteiger partial charge in [0, 0.05) is 24.1 Å². The van der Waals surface area contributed by atoms with E-state index in [-0.39, 0.29) is 41.7 Å². The van der Waals surface area contributed by atoms with Crippen molar-refractivity contribution in [3.8, 4) is 11.1 Å². The van der Waals surface area contributed by atoms with Gasteiger partial charge in [0.25, 0.3) is 0 Å². The summed E-state index contributed by atoms with van der Waals surface area (Å²) >= 11 is 0. The van der Waals surface area contributed by atoms with Crippen molar-refractivity contribution < 1.29 is 22.7 Å². The molecule has 1 saturated carbocycles. The van der Waals surface area contributed by atoms with Crippen LogP contribution in [0, 0.1) is 17.7 Å². The van der Waals surface area contributed by atoms with Crippen LogP contribution in [0.5, 0.6) is 0 Å². The number of hydrogen-bond donors (Lipinski definition) is 1. The molecule has 4 rings (SSSR count). The SMILES string of the molecule is C[C@@H](CC(=O)C1CCC(CS(=O)(=O)c2ccc(-c3ccc(CO)nc3)cc2)CC1)c1ccc(F)cc1. The number of hydrogen-bond acceptors (Lipinski definition) is 5. The monoisotopic (exact) mass is 509 g/mol. The van der Waals surface area contributed by atoms with Gasteiger partial charge in [-0.05, 0) is 79.0 Å². The number of carbonyl (C=O) groups excluding carboxylic acids is 1. The quantitative estimate of drug-likeness (QED) is 0.399. The molecular formula is C29H32FNO4S. The Hall–Kier alpha value is -2.90. The van der Waals surface area contributed by atoms with Crippen LogP contribution >= 0.6 is 0 Å². The number of nitrogens with zero attached hydrogens (tertiary/aromatic N) is 1. The molecule has 5 nitrogen and oxygen atoms in total. The summed E-state index contributed by atoms with van der Waals surface area (Å²) in [5.74, 6) is 0.0620. The molecule has 0 spiro atoms. The average molecular weight is 510 g/mol. The van der Waals surface area contributed by atoms with Crippen LogP contribution in [0.1, 0.15) is 56.2 Å².